The van der Waals surface area contributed by atoms with E-state index in [1.54, 1.807) is 0 Å². The smallest absolute Gasteiger partial charge is 0.0221 e. The predicted octanol–water partition coefficient (Wildman–Crippen LogP) is 2.68. The van der Waals surface area contributed by atoms with Crippen LogP contribution in [0.25, 0.3) is 0 Å². The Morgan fingerprint density at radius 1 is 1.28 bits per heavy atom. The molecule has 1 fully saturated rings. The van der Waals surface area contributed by atoms with Gasteiger partial charge in [0, 0.05) is 18.6 Å². The zero-order chi connectivity index (χ0) is 13.0. The van der Waals surface area contributed by atoms with Gasteiger partial charge in [-0.05, 0) is 51.1 Å². The van der Waals surface area contributed by atoms with E-state index in [4.69, 9.17) is 5.73 Å². The van der Waals surface area contributed by atoms with Gasteiger partial charge in [-0.2, -0.15) is 0 Å². The monoisotopic (exact) mass is 246 g/mol. The highest BCUT2D eigenvalue weighted by Crippen LogP contribution is 2.35. The predicted molar refractivity (Wildman–Crippen MR) is 77.6 cm³/mol. The van der Waals surface area contributed by atoms with E-state index < -0.39 is 0 Å². The van der Waals surface area contributed by atoms with E-state index >= 15 is 0 Å². The molecule has 0 bridgehead atoms. The molecule has 0 aromatic heterocycles. The van der Waals surface area contributed by atoms with E-state index in [1.165, 1.54) is 18.4 Å². The van der Waals surface area contributed by atoms with Gasteiger partial charge in [0.05, 0.1) is 0 Å². The maximum atomic E-state index is 5.95. The maximum absolute atomic E-state index is 5.95. The minimum atomic E-state index is 0.515. The van der Waals surface area contributed by atoms with Crippen LogP contribution in [-0.4, -0.2) is 30.6 Å². The van der Waals surface area contributed by atoms with Crippen molar-refractivity contribution < 1.29 is 0 Å². The Labute approximate surface area is 111 Å². The summed E-state index contributed by atoms with van der Waals surface area (Å²) in [6, 6.07) is 11.9. The van der Waals surface area contributed by atoms with Crippen LogP contribution < -0.4 is 5.73 Å². The number of aryl methyl sites for hydroxylation is 1. The van der Waals surface area contributed by atoms with Gasteiger partial charge in [0.15, 0.2) is 0 Å². The highest BCUT2D eigenvalue weighted by atomic mass is 15.2. The molecule has 1 aliphatic rings. The number of hydrogen-bond donors (Lipinski definition) is 1. The van der Waals surface area contributed by atoms with Crippen LogP contribution in [0.1, 0.15) is 31.7 Å². The number of nitrogens with two attached hydrogens (primary N) is 1. The highest BCUT2D eigenvalue weighted by Gasteiger charge is 2.32. The van der Waals surface area contributed by atoms with Gasteiger partial charge in [0.2, 0.25) is 0 Å². The molecule has 2 nitrogen and oxygen atoms in total. The fraction of sp³-hybridized carbons (Fsp3) is 0.625. The summed E-state index contributed by atoms with van der Waals surface area (Å²) in [6.45, 7) is 3.11. The minimum absolute atomic E-state index is 0.515. The Bertz CT molecular complexity index is 345. The van der Waals surface area contributed by atoms with E-state index in [2.05, 4.69) is 49.2 Å². The lowest BCUT2D eigenvalue weighted by atomic mass is 10.0. The van der Waals surface area contributed by atoms with E-state index in [9.17, 15) is 0 Å². The average Bonchev–Trinajstić information content (AvgIpc) is 3.24. The standard InChI is InChI=1S/C16H26N2/c1-13(15-9-10-15)18(2)16(12-17)11-8-14-6-4-3-5-7-14/h3-7,13,15-16H,8-12,17H2,1-2H3. The zero-order valence-electron chi connectivity index (χ0n) is 11.7. The number of likely N-dealkylation sites (N-methyl/N-ethyl adjacent to an activating group) is 1. The fourth-order valence-corrected chi connectivity index (χ4v) is 2.71. The molecule has 1 aliphatic carbocycles. The molecular weight excluding hydrogens is 220 g/mol. The molecule has 2 atom stereocenters. The van der Waals surface area contributed by atoms with Crippen molar-refractivity contribution in [2.24, 2.45) is 11.7 Å². The van der Waals surface area contributed by atoms with Crippen molar-refractivity contribution in [2.45, 2.75) is 44.7 Å². The van der Waals surface area contributed by atoms with E-state index in [0.29, 0.717) is 12.1 Å². The third kappa shape index (κ3) is 3.56. The number of hydrogen-bond acceptors (Lipinski definition) is 2. The van der Waals surface area contributed by atoms with Crippen molar-refractivity contribution in [1.29, 1.82) is 0 Å². The molecule has 1 saturated carbocycles. The van der Waals surface area contributed by atoms with E-state index in [1.807, 2.05) is 0 Å². The summed E-state index contributed by atoms with van der Waals surface area (Å²) in [5, 5.41) is 0. The summed E-state index contributed by atoms with van der Waals surface area (Å²) in [5.74, 6) is 0.917. The Morgan fingerprint density at radius 3 is 2.50 bits per heavy atom. The van der Waals surface area contributed by atoms with Gasteiger partial charge in [-0.15, -0.1) is 0 Å². The Kier molecular flexibility index (Phi) is 4.79. The van der Waals surface area contributed by atoms with Crippen molar-refractivity contribution in [2.75, 3.05) is 13.6 Å². The second kappa shape index (κ2) is 6.35. The first-order chi connectivity index (χ1) is 8.72. The van der Waals surface area contributed by atoms with Crippen molar-refractivity contribution in [3.05, 3.63) is 35.9 Å². The lowest BCUT2D eigenvalue weighted by molar-refractivity contribution is 0.163. The lowest BCUT2D eigenvalue weighted by Crippen LogP contribution is -2.44. The molecule has 0 spiro atoms. The number of rotatable bonds is 7. The van der Waals surface area contributed by atoms with Gasteiger partial charge in [-0.25, -0.2) is 0 Å². The summed E-state index contributed by atoms with van der Waals surface area (Å²) < 4.78 is 0. The molecule has 0 amide bonds. The quantitative estimate of drug-likeness (QED) is 0.801. The Morgan fingerprint density at radius 2 is 1.94 bits per heavy atom. The van der Waals surface area contributed by atoms with Crippen LogP contribution in [0.4, 0.5) is 0 Å². The highest BCUT2D eigenvalue weighted by molar-refractivity contribution is 5.14. The molecular formula is C16H26N2. The Hall–Kier alpha value is -0.860. The largest absolute Gasteiger partial charge is 0.329 e. The van der Waals surface area contributed by atoms with Gasteiger partial charge in [0.25, 0.3) is 0 Å². The van der Waals surface area contributed by atoms with E-state index in [-0.39, 0.29) is 0 Å². The van der Waals surface area contributed by atoms with Crippen LogP contribution in [0, 0.1) is 5.92 Å². The van der Waals surface area contributed by atoms with Crippen molar-refractivity contribution in [1.82, 2.24) is 4.90 Å². The molecule has 18 heavy (non-hydrogen) atoms. The van der Waals surface area contributed by atoms with Crippen LogP contribution in [0.15, 0.2) is 30.3 Å². The Balaban J connectivity index is 1.84. The second-order valence-corrected chi connectivity index (χ2v) is 5.66. The third-order valence-electron chi connectivity index (χ3n) is 4.40. The minimum Gasteiger partial charge on any atom is -0.329 e. The summed E-state index contributed by atoms with van der Waals surface area (Å²) >= 11 is 0. The first kappa shape index (κ1) is 13.6. The molecule has 2 heteroatoms. The molecule has 2 N–H and O–H groups in total. The van der Waals surface area contributed by atoms with Crippen LogP contribution in [-0.2, 0) is 6.42 Å². The second-order valence-electron chi connectivity index (χ2n) is 5.66. The van der Waals surface area contributed by atoms with Gasteiger partial charge in [0.1, 0.15) is 0 Å². The first-order valence-corrected chi connectivity index (χ1v) is 7.18. The SMILES string of the molecule is CC(C1CC1)N(C)C(CN)CCc1ccccc1. The van der Waals surface area contributed by atoms with Crippen molar-refractivity contribution >= 4 is 0 Å². The number of nitrogens with zero attached hydrogens (tertiary/aromatic N) is 1. The molecule has 100 valence electrons. The third-order valence-corrected chi connectivity index (χ3v) is 4.40. The normalized spacial score (nSPS) is 18.9. The van der Waals surface area contributed by atoms with Crippen LogP contribution in [0.2, 0.25) is 0 Å². The molecule has 2 rings (SSSR count). The molecule has 2 unspecified atom stereocenters. The number of benzene rings is 1. The maximum Gasteiger partial charge on any atom is 0.0221 e. The van der Waals surface area contributed by atoms with Crippen LogP contribution in [0.5, 0.6) is 0 Å². The molecule has 0 radical (unpaired) electrons. The van der Waals surface area contributed by atoms with Gasteiger partial charge in [-0.1, -0.05) is 30.3 Å². The zero-order valence-corrected chi connectivity index (χ0v) is 11.7. The summed E-state index contributed by atoms with van der Waals surface area (Å²) in [4.78, 5) is 2.50. The van der Waals surface area contributed by atoms with Crippen molar-refractivity contribution in [3.63, 3.8) is 0 Å². The van der Waals surface area contributed by atoms with Crippen LogP contribution >= 0.6 is 0 Å². The average molecular weight is 246 g/mol. The molecule has 0 heterocycles. The first-order valence-electron chi connectivity index (χ1n) is 7.18. The summed E-state index contributed by atoms with van der Waals surface area (Å²) in [6.07, 6.45) is 5.10. The summed E-state index contributed by atoms with van der Waals surface area (Å²) in [5.41, 5.74) is 7.37. The van der Waals surface area contributed by atoms with Crippen molar-refractivity contribution in [3.8, 4) is 0 Å². The van der Waals surface area contributed by atoms with E-state index in [0.717, 1.165) is 25.3 Å². The topological polar surface area (TPSA) is 29.3 Å². The van der Waals surface area contributed by atoms with Crippen LogP contribution in [0.3, 0.4) is 0 Å². The summed E-state index contributed by atoms with van der Waals surface area (Å²) in [7, 11) is 2.24. The van der Waals surface area contributed by atoms with Gasteiger partial charge >= 0.3 is 0 Å². The van der Waals surface area contributed by atoms with Gasteiger partial charge < -0.3 is 5.73 Å². The molecule has 1 aromatic rings. The molecule has 0 saturated heterocycles. The van der Waals surface area contributed by atoms with Gasteiger partial charge in [-0.3, -0.25) is 4.90 Å². The molecule has 0 aliphatic heterocycles. The molecule has 1 aromatic carbocycles. The lowest BCUT2D eigenvalue weighted by Gasteiger charge is -2.32. The fourth-order valence-electron chi connectivity index (χ4n) is 2.71.